The van der Waals surface area contributed by atoms with Gasteiger partial charge in [0.15, 0.2) is 0 Å². The van der Waals surface area contributed by atoms with E-state index in [2.05, 4.69) is 10.1 Å². The molecule has 4 nitrogen and oxygen atoms in total. The molecule has 1 aromatic rings. The number of alkyl halides is 3. The summed E-state index contributed by atoms with van der Waals surface area (Å²) in [5.41, 5.74) is 1.77. The van der Waals surface area contributed by atoms with Crippen molar-refractivity contribution in [1.82, 2.24) is 9.88 Å². The third-order valence-electron chi connectivity index (χ3n) is 3.69. The van der Waals surface area contributed by atoms with Gasteiger partial charge in [-0.05, 0) is 31.9 Å². The lowest BCUT2D eigenvalue weighted by atomic mass is 9.91. The van der Waals surface area contributed by atoms with Crippen LogP contribution in [0.2, 0.25) is 0 Å². The van der Waals surface area contributed by atoms with Crippen LogP contribution in [0, 0.1) is 0 Å². The fourth-order valence-electron chi connectivity index (χ4n) is 2.75. The van der Waals surface area contributed by atoms with Crippen LogP contribution in [0.15, 0.2) is 16.9 Å². The Labute approximate surface area is 120 Å². The van der Waals surface area contributed by atoms with Gasteiger partial charge < -0.3 is 14.6 Å². The molecule has 0 spiro atoms. The average molecular weight is 304 g/mol. The first kappa shape index (κ1) is 16.0. The first-order valence-corrected chi connectivity index (χ1v) is 6.97. The second-order valence-corrected chi connectivity index (χ2v) is 5.13. The summed E-state index contributed by atoms with van der Waals surface area (Å²) < 4.78 is 42.2. The summed E-state index contributed by atoms with van der Waals surface area (Å²) in [5.74, 6) is 0. The van der Waals surface area contributed by atoms with Gasteiger partial charge in [0.2, 0.25) is 0 Å². The molecule has 1 aliphatic rings. The fraction of sp³-hybridized carbons (Fsp3) is 0.643. The van der Waals surface area contributed by atoms with E-state index in [0.29, 0.717) is 0 Å². The van der Waals surface area contributed by atoms with Crippen molar-refractivity contribution >= 4 is 0 Å². The van der Waals surface area contributed by atoms with Gasteiger partial charge in [-0.2, -0.15) is 13.2 Å². The van der Waals surface area contributed by atoms with Crippen molar-refractivity contribution in [2.45, 2.75) is 38.0 Å². The third-order valence-corrected chi connectivity index (χ3v) is 3.69. The topological polar surface area (TPSA) is 43.3 Å². The Balaban J connectivity index is 2.10. The smallest absolute Gasteiger partial charge is 0.370 e. The van der Waals surface area contributed by atoms with E-state index in [9.17, 15) is 18.0 Å². The molecule has 0 radical (unpaired) electrons. The molecule has 21 heavy (non-hydrogen) atoms. The van der Waals surface area contributed by atoms with Crippen LogP contribution >= 0.6 is 0 Å². The molecular formula is C14H19F3N2O2. The SMILES string of the molecule is CNC1CCCc2c1ccc(=O)n2CCOCC(F)(F)F. The molecule has 0 fully saturated rings. The number of ether oxygens (including phenoxy) is 1. The first-order chi connectivity index (χ1) is 9.92. The van der Waals surface area contributed by atoms with Crippen molar-refractivity contribution in [1.29, 1.82) is 0 Å². The Hall–Kier alpha value is -1.34. The highest BCUT2D eigenvalue weighted by Gasteiger charge is 2.27. The largest absolute Gasteiger partial charge is 0.411 e. The van der Waals surface area contributed by atoms with Gasteiger partial charge in [0, 0.05) is 24.3 Å². The van der Waals surface area contributed by atoms with E-state index in [4.69, 9.17) is 0 Å². The molecule has 0 amide bonds. The summed E-state index contributed by atoms with van der Waals surface area (Å²) in [6.45, 7) is -1.26. The molecule has 1 heterocycles. The number of rotatable bonds is 5. The highest BCUT2D eigenvalue weighted by atomic mass is 19.4. The zero-order valence-electron chi connectivity index (χ0n) is 11.9. The van der Waals surface area contributed by atoms with Gasteiger partial charge in [0.05, 0.1) is 6.61 Å². The van der Waals surface area contributed by atoms with Crippen LogP contribution in [0.3, 0.4) is 0 Å². The van der Waals surface area contributed by atoms with Crippen LogP contribution in [0.1, 0.15) is 30.1 Å². The molecule has 1 atom stereocenters. The normalized spacial score (nSPS) is 18.6. The quantitative estimate of drug-likeness (QED) is 0.847. The summed E-state index contributed by atoms with van der Waals surface area (Å²) in [5, 5.41) is 3.20. The fourth-order valence-corrected chi connectivity index (χ4v) is 2.75. The Kier molecular flexibility index (Phi) is 5.05. The lowest BCUT2D eigenvalue weighted by molar-refractivity contribution is -0.174. The zero-order valence-corrected chi connectivity index (χ0v) is 11.9. The van der Waals surface area contributed by atoms with E-state index < -0.39 is 12.8 Å². The van der Waals surface area contributed by atoms with Gasteiger partial charge in [0.25, 0.3) is 5.56 Å². The van der Waals surface area contributed by atoms with Crippen LogP contribution in [0.4, 0.5) is 13.2 Å². The molecule has 1 aromatic heterocycles. The van der Waals surface area contributed by atoms with E-state index in [1.165, 1.54) is 10.6 Å². The Morgan fingerprint density at radius 1 is 1.43 bits per heavy atom. The number of aromatic nitrogens is 1. The van der Waals surface area contributed by atoms with Crippen LogP contribution < -0.4 is 10.9 Å². The summed E-state index contributed by atoms with van der Waals surface area (Å²) in [6.07, 6.45) is -1.63. The number of halogens is 3. The van der Waals surface area contributed by atoms with Gasteiger partial charge in [0.1, 0.15) is 6.61 Å². The molecule has 0 aromatic carbocycles. The highest BCUT2D eigenvalue weighted by Crippen LogP contribution is 2.28. The molecule has 7 heteroatoms. The molecule has 0 saturated carbocycles. The van der Waals surface area contributed by atoms with E-state index in [-0.39, 0.29) is 24.8 Å². The molecule has 118 valence electrons. The van der Waals surface area contributed by atoms with Crippen molar-refractivity contribution in [3.8, 4) is 0 Å². The maximum atomic E-state index is 12.0. The van der Waals surface area contributed by atoms with Crippen LogP contribution in [0.5, 0.6) is 0 Å². The molecule has 0 aliphatic heterocycles. The maximum Gasteiger partial charge on any atom is 0.411 e. The number of hydrogen-bond donors (Lipinski definition) is 1. The second-order valence-electron chi connectivity index (χ2n) is 5.13. The zero-order chi connectivity index (χ0) is 15.5. The van der Waals surface area contributed by atoms with Gasteiger partial charge in [-0.15, -0.1) is 0 Å². The van der Waals surface area contributed by atoms with E-state index >= 15 is 0 Å². The predicted molar refractivity (Wildman–Crippen MR) is 72.3 cm³/mol. The minimum atomic E-state index is -4.34. The number of hydrogen-bond acceptors (Lipinski definition) is 3. The average Bonchev–Trinajstić information content (AvgIpc) is 2.43. The van der Waals surface area contributed by atoms with Crippen molar-refractivity contribution in [2.24, 2.45) is 0 Å². The van der Waals surface area contributed by atoms with Gasteiger partial charge in [-0.1, -0.05) is 6.07 Å². The van der Waals surface area contributed by atoms with Gasteiger partial charge in [-0.25, -0.2) is 0 Å². The van der Waals surface area contributed by atoms with Gasteiger partial charge >= 0.3 is 6.18 Å². The van der Waals surface area contributed by atoms with E-state index in [0.717, 1.165) is 30.5 Å². The summed E-state index contributed by atoms with van der Waals surface area (Å²) in [6, 6.07) is 3.47. The predicted octanol–water partition coefficient (Wildman–Crippen LogP) is 2.02. The molecule has 1 unspecified atom stereocenters. The van der Waals surface area contributed by atoms with Crippen molar-refractivity contribution in [3.05, 3.63) is 33.7 Å². The van der Waals surface area contributed by atoms with Crippen molar-refractivity contribution in [2.75, 3.05) is 20.3 Å². The van der Waals surface area contributed by atoms with E-state index in [1.54, 1.807) is 0 Å². The molecule has 0 saturated heterocycles. The molecular weight excluding hydrogens is 285 g/mol. The van der Waals surface area contributed by atoms with Gasteiger partial charge in [-0.3, -0.25) is 4.79 Å². The highest BCUT2D eigenvalue weighted by molar-refractivity contribution is 5.27. The Bertz CT molecular complexity index is 540. The summed E-state index contributed by atoms with van der Waals surface area (Å²) in [7, 11) is 1.86. The van der Waals surface area contributed by atoms with Crippen molar-refractivity contribution in [3.63, 3.8) is 0 Å². The van der Waals surface area contributed by atoms with Crippen LogP contribution in [-0.4, -0.2) is 31.0 Å². The maximum absolute atomic E-state index is 12.0. The van der Waals surface area contributed by atoms with E-state index in [1.807, 2.05) is 13.1 Å². The number of fused-ring (bicyclic) bond motifs is 1. The van der Waals surface area contributed by atoms with Crippen LogP contribution in [0.25, 0.3) is 0 Å². The lowest BCUT2D eigenvalue weighted by Crippen LogP contribution is -2.32. The first-order valence-electron chi connectivity index (χ1n) is 6.97. The monoisotopic (exact) mass is 304 g/mol. The minimum absolute atomic E-state index is 0.125. The summed E-state index contributed by atoms with van der Waals surface area (Å²) >= 11 is 0. The Morgan fingerprint density at radius 2 is 2.19 bits per heavy atom. The minimum Gasteiger partial charge on any atom is -0.370 e. The van der Waals surface area contributed by atoms with Crippen molar-refractivity contribution < 1.29 is 17.9 Å². The lowest BCUT2D eigenvalue weighted by Gasteiger charge is -2.27. The second kappa shape index (κ2) is 6.62. The molecule has 1 N–H and O–H groups in total. The number of nitrogens with one attached hydrogen (secondary N) is 1. The number of nitrogens with zero attached hydrogens (tertiary/aromatic N) is 1. The molecule has 0 bridgehead atoms. The third kappa shape index (κ3) is 4.07. The standard InChI is InChI=1S/C14H19F3N2O2/c1-18-11-3-2-4-12-10(11)5-6-13(20)19(12)7-8-21-9-14(15,16)17/h5-6,11,18H,2-4,7-9H2,1H3. The summed E-state index contributed by atoms with van der Waals surface area (Å²) in [4.78, 5) is 11.9. The Morgan fingerprint density at radius 3 is 2.86 bits per heavy atom. The molecule has 2 rings (SSSR count). The van der Waals surface area contributed by atoms with Crippen LogP contribution in [-0.2, 0) is 17.7 Å². The molecule has 1 aliphatic carbocycles. The number of pyridine rings is 1.